The Labute approximate surface area is 182 Å². The number of sulfonamides is 1. The average molecular weight is 439 g/mol. The van der Waals surface area contributed by atoms with Crippen molar-refractivity contribution in [3.05, 3.63) is 53.9 Å². The van der Waals surface area contributed by atoms with Crippen LogP contribution in [0, 0.1) is 25.7 Å². The van der Waals surface area contributed by atoms with Gasteiger partial charge in [0.15, 0.2) is 5.82 Å². The molecule has 1 aromatic carbocycles. The van der Waals surface area contributed by atoms with Crippen molar-refractivity contribution in [1.29, 1.82) is 0 Å². The third-order valence-corrected chi connectivity index (χ3v) is 8.62. The van der Waals surface area contributed by atoms with Gasteiger partial charge in [-0.3, -0.25) is 4.68 Å². The number of hydrogen-bond donors (Lipinski definition) is 0. The van der Waals surface area contributed by atoms with Crippen LogP contribution in [-0.4, -0.2) is 58.9 Å². The summed E-state index contributed by atoms with van der Waals surface area (Å²) in [6, 6.07) is 14.0. The monoisotopic (exact) mass is 438 g/mol. The van der Waals surface area contributed by atoms with E-state index in [0.29, 0.717) is 41.2 Å². The highest BCUT2D eigenvalue weighted by atomic mass is 32.2. The lowest BCUT2D eigenvalue weighted by Crippen LogP contribution is -2.34. The minimum Gasteiger partial charge on any atom is -0.354 e. The molecule has 0 amide bonds. The first-order chi connectivity index (χ1) is 14.8. The topological polar surface area (TPSA) is 84.2 Å². The van der Waals surface area contributed by atoms with Crippen molar-refractivity contribution < 1.29 is 8.42 Å². The molecule has 5 rings (SSSR count). The SMILES string of the molecule is Cc1nn(C)c(C)c1S(=O)(=O)N1CC2CN(c3ccc(-c4ccccc4)nn3)CC2C1. The first-order valence-electron chi connectivity index (χ1n) is 10.5. The number of aromatic nitrogens is 4. The van der Waals surface area contributed by atoms with Crippen LogP contribution in [0.25, 0.3) is 11.3 Å². The molecule has 3 aromatic rings. The maximum atomic E-state index is 13.3. The summed E-state index contributed by atoms with van der Waals surface area (Å²) < 4.78 is 29.8. The molecular weight excluding hydrogens is 412 g/mol. The van der Waals surface area contributed by atoms with Crippen molar-refractivity contribution >= 4 is 15.8 Å². The van der Waals surface area contributed by atoms with Gasteiger partial charge in [-0.15, -0.1) is 10.2 Å². The zero-order valence-electron chi connectivity index (χ0n) is 17.9. The van der Waals surface area contributed by atoms with Crippen molar-refractivity contribution in [1.82, 2.24) is 24.3 Å². The summed E-state index contributed by atoms with van der Waals surface area (Å²) in [5.41, 5.74) is 3.14. The molecule has 2 atom stereocenters. The van der Waals surface area contributed by atoms with Gasteiger partial charge in [-0.25, -0.2) is 8.42 Å². The first-order valence-corrected chi connectivity index (χ1v) is 11.9. The summed E-state index contributed by atoms with van der Waals surface area (Å²) in [5.74, 6) is 1.44. The van der Waals surface area contributed by atoms with Crippen molar-refractivity contribution in [2.75, 3.05) is 31.1 Å². The Morgan fingerprint density at radius 1 is 0.903 bits per heavy atom. The second-order valence-electron chi connectivity index (χ2n) is 8.51. The summed E-state index contributed by atoms with van der Waals surface area (Å²) in [4.78, 5) is 2.58. The fraction of sp³-hybridized carbons (Fsp3) is 0.409. The number of benzene rings is 1. The fourth-order valence-corrected chi connectivity index (χ4v) is 6.80. The summed E-state index contributed by atoms with van der Waals surface area (Å²) in [7, 11) is -1.76. The Bertz CT molecular complexity index is 1190. The number of aryl methyl sites for hydroxylation is 2. The molecule has 0 aliphatic carbocycles. The van der Waals surface area contributed by atoms with Crippen molar-refractivity contribution in [2.24, 2.45) is 18.9 Å². The molecule has 2 aliphatic heterocycles. The predicted molar refractivity (Wildman–Crippen MR) is 118 cm³/mol. The highest BCUT2D eigenvalue weighted by Gasteiger charge is 2.45. The third kappa shape index (κ3) is 3.41. The molecule has 2 aliphatic rings. The Balaban J connectivity index is 1.29. The maximum absolute atomic E-state index is 13.3. The van der Waals surface area contributed by atoms with Gasteiger partial charge in [0.1, 0.15) is 4.90 Å². The molecule has 31 heavy (non-hydrogen) atoms. The molecule has 2 aromatic heterocycles. The molecular formula is C22H26N6O2S. The van der Waals surface area contributed by atoms with Crippen LogP contribution in [0.5, 0.6) is 0 Å². The zero-order chi connectivity index (χ0) is 21.8. The van der Waals surface area contributed by atoms with Gasteiger partial charge in [0.2, 0.25) is 10.0 Å². The highest BCUT2D eigenvalue weighted by molar-refractivity contribution is 7.89. The number of nitrogens with zero attached hydrogens (tertiary/aromatic N) is 6. The van der Waals surface area contributed by atoms with Crippen LogP contribution in [0.15, 0.2) is 47.4 Å². The van der Waals surface area contributed by atoms with Crippen LogP contribution in [0.1, 0.15) is 11.4 Å². The molecule has 2 saturated heterocycles. The van der Waals surface area contributed by atoms with E-state index in [9.17, 15) is 8.42 Å². The number of rotatable bonds is 4. The van der Waals surface area contributed by atoms with Gasteiger partial charge in [-0.2, -0.15) is 9.40 Å². The minimum atomic E-state index is -3.54. The molecule has 0 spiro atoms. The van der Waals surface area contributed by atoms with Gasteiger partial charge in [0.05, 0.1) is 17.1 Å². The number of anilines is 1. The van der Waals surface area contributed by atoms with Gasteiger partial charge in [0, 0.05) is 38.8 Å². The van der Waals surface area contributed by atoms with Crippen LogP contribution in [0.4, 0.5) is 5.82 Å². The van der Waals surface area contributed by atoms with E-state index in [-0.39, 0.29) is 0 Å². The molecule has 2 fully saturated rings. The smallest absolute Gasteiger partial charge is 0.246 e. The maximum Gasteiger partial charge on any atom is 0.246 e. The van der Waals surface area contributed by atoms with Crippen molar-refractivity contribution in [3.8, 4) is 11.3 Å². The third-order valence-electron chi connectivity index (χ3n) is 6.54. The van der Waals surface area contributed by atoms with Crippen LogP contribution in [0.2, 0.25) is 0 Å². The first kappa shape index (κ1) is 20.1. The molecule has 4 heterocycles. The molecule has 0 radical (unpaired) electrons. The van der Waals surface area contributed by atoms with Crippen molar-refractivity contribution in [2.45, 2.75) is 18.7 Å². The Morgan fingerprint density at radius 3 is 2.13 bits per heavy atom. The van der Waals surface area contributed by atoms with E-state index >= 15 is 0 Å². The Hall–Kier alpha value is -2.78. The fourth-order valence-electron chi connectivity index (χ4n) is 4.85. The molecule has 8 nitrogen and oxygen atoms in total. The average Bonchev–Trinajstić information content (AvgIpc) is 3.41. The van der Waals surface area contributed by atoms with Gasteiger partial charge >= 0.3 is 0 Å². The highest BCUT2D eigenvalue weighted by Crippen LogP contribution is 2.37. The summed E-state index contributed by atoms with van der Waals surface area (Å²) in [6.45, 7) is 6.22. The minimum absolute atomic E-state index is 0.294. The molecule has 0 saturated carbocycles. The lowest BCUT2D eigenvalue weighted by molar-refractivity contribution is 0.452. The van der Waals surface area contributed by atoms with Crippen molar-refractivity contribution in [3.63, 3.8) is 0 Å². The molecule has 0 bridgehead atoms. The standard InChI is InChI=1S/C22H26N6O2S/c1-15-22(16(2)26(3)25-15)31(29,30)28-13-18-11-27(12-19(18)14-28)21-10-9-20(23-24-21)17-7-5-4-6-8-17/h4-10,18-19H,11-14H2,1-3H3. The van der Waals surface area contributed by atoms with E-state index in [2.05, 4.69) is 20.2 Å². The lowest BCUT2D eigenvalue weighted by atomic mass is 10.0. The summed E-state index contributed by atoms with van der Waals surface area (Å²) in [5, 5.41) is 13.1. The summed E-state index contributed by atoms with van der Waals surface area (Å²) >= 11 is 0. The van der Waals surface area contributed by atoms with Gasteiger partial charge in [-0.1, -0.05) is 30.3 Å². The largest absolute Gasteiger partial charge is 0.354 e. The van der Waals surface area contributed by atoms with Crippen LogP contribution < -0.4 is 4.90 Å². The Morgan fingerprint density at radius 2 is 1.58 bits per heavy atom. The predicted octanol–water partition coefficient (Wildman–Crippen LogP) is 2.25. The van der Waals surface area contributed by atoms with Gasteiger partial charge in [-0.05, 0) is 37.8 Å². The molecule has 162 valence electrons. The molecule has 2 unspecified atom stereocenters. The number of fused-ring (bicyclic) bond motifs is 1. The van der Waals surface area contributed by atoms with Gasteiger partial charge < -0.3 is 4.90 Å². The number of hydrogen-bond acceptors (Lipinski definition) is 6. The van der Waals surface area contributed by atoms with Crippen LogP contribution in [0.3, 0.4) is 0 Å². The summed E-state index contributed by atoms with van der Waals surface area (Å²) in [6.07, 6.45) is 0. The van der Waals surface area contributed by atoms with Gasteiger partial charge in [0.25, 0.3) is 0 Å². The van der Waals surface area contributed by atoms with Crippen LogP contribution in [-0.2, 0) is 17.1 Å². The van der Waals surface area contributed by atoms with E-state index in [1.807, 2.05) is 49.4 Å². The van der Waals surface area contributed by atoms with Crippen LogP contribution >= 0.6 is 0 Å². The van der Waals surface area contributed by atoms with E-state index in [1.165, 1.54) is 0 Å². The quantitative estimate of drug-likeness (QED) is 0.621. The molecule has 0 N–H and O–H groups in total. The Kier molecular flexibility index (Phi) is 4.82. The van der Waals surface area contributed by atoms with E-state index in [4.69, 9.17) is 0 Å². The van der Waals surface area contributed by atoms with E-state index in [1.54, 1.807) is 23.0 Å². The second-order valence-corrected chi connectivity index (χ2v) is 10.4. The second kappa shape index (κ2) is 7.42. The molecule has 9 heteroatoms. The van der Waals surface area contributed by atoms with E-state index in [0.717, 1.165) is 30.2 Å². The normalized spacial score (nSPS) is 21.6. The lowest BCUT2D eigenvalue weighted by Gasteiger charge is -2.22. The van der Waals surface area contributed by atoms with E-state index < -0.39 is 10.0 Å². The zero-order valence-corrected chi connectivity index (χ0v) is 18.7.